The molecule has 486 valence electrons. The van der Waals surface area contributed by atoms with Crippen molar-refractivity contribution in [3.63, 3.8) is 0 Å². The van der Waals surface area contributed by atoms with Gasteiger partial charge in [-0.3, -0.25) is 0 Å². The fraction of sp³-hybridized carbons (Fsp3) is 0.0870. The van der Waals surface area contributed by atoms with Gasteiger partial charge in [0.1, 0.15) is 33.5 Å². The van der Waals surface area contributed by atoms with Crippen molar-refractivity contribution in [1.29, 1.82) is 0 Å². The minimum absolute atomic E-state index is 0.0769. The third kappa shape index (κ3) is 8.82. The molecule has 0 unspecified atom stereocenters. The lowest BCUT2D eigenvalue weighted by Gasteiger charge is -2.45. The molecule has 7 heterocycles. The van der Waals surface area contributed by atoms with Crippen LogP contribution in [0.1, 0.15) is 52.7 Å². The lowest BCUT2D eigenvalue weighted by Crippen LogP contribution is -2.61. The van der Waals surface area contributed by atoms with E-state index in [9.17, 15) is 0 Å². The molecule has 0 atom stereocenters. The van der Waals surface area contributed by atoms with Gasteiger partial charge < -0.3 is 37.3 Å². The van der Waals surface area contributed by atoms with Crippen LogP contribution in [-0.4, -0.2) is 6.71 Å². The number of thiophene rings is 1. The Balaban J connectivity index is 0.892. The Kier molecular flexibility index (Phi) is 12.5. The van der Waals surface area contributed by atoms with Gasteiger partial charge in [-0.05, 0) is 165 Å². The molecule has 21 rings (SSSR count). The summed E-state index contributed by atoms with van der Waals surface area (Å²) in [6.45, 7) is 13.5. The Morgan fingerprint density at radius 3 is 1.22 bits per heavy atom. The molecular formula is C92H65BN4O4S. The lowest BCUT2D eigenvalue weighted by molar-refractivity contribution is 0.590. The summed E-state index contributed by atoms with van der Waals surface area (Å²) in [6.07, 6.45) is 0. The highest BCUT2D eigenvalue weighted by Gasteiger charge is 2.45. The van der Waals surface area contributed by atoms with Gasteiger partial charge in [-0.2, -0.15) is 0 Å². The molecule has 19 aromatic rings. The van der Waals surface area contributed by atoms with Crippen LogP contribution >= 0.6 is 11.3 Å². The Hall–Kier alpha value is -12.2. The van der Waals surface area contributed by atoms with Gasteiger partial charge in [0.25, 0.3) is 6.71 Å². The lowest BCUT2D eigenvalue weighted by atomic mass is 9.33. The molecule has 0 N–H and O–H groups in total. The van der Waals surface area contributed by atoms with Gasteiger partial charge in [-0.25, -0.2) is 0 Å². The molecule has 10 heteroatoms. The molecule has 0 amide bonds. The van der Waals surface area contributed by atoms with E-state index in [1.165, 1.54) is 47.7 Å². The highest BCUT2D eigenvalue weighted by molar-refractivity contribution is 7.26. The Labute approximate surface area is 592 Å². The monoisotopic (exact) mass is 1330 g/mol. The molecule has 0 saturated carbocycles. The van der Waals surface area contributed by atoms with Crippen LogP contribution in [0.3, 0.4) is 0 Å². The average molecular weight is 1330 g/mol. The maximum atomic E-state index is 7.07. The van der Waals surface area contributed by atoms with Crippen LogP contribution in [0.25, 0.3) is 108 Å². The quantitative estimate of drug-likeness (QED) is 0.139. The minimum atomic E-state index is -0.264. The molecule has 2 aliphatic heterocycles. The second kappa shape index (κ2) is 21.6. The van der Waals surface area contributed by atoms with Crippen molar-refractivity contribution < 1.29 is 17.7 Å². The number of rotatable bonds is 8. The van der Waals surface area contributed by atoms with E-state index in [2.05, 4.69) is 322 Å². The highest BCUT2D eigenvalue weighted by Crippen LogP contribution is 2.54. The normalized spacial score (nSPS) is 13.1. The van der Waals surface area contributed by atoms with Crippen LogP contribution in [0.4, 0.5) is 68.2 Å². The van der Waals surface area contributed by atoms with Gasteiger partial charge in [-0.1, -0.05) is 193 Å². The van der Waals surface area contributed by atoms with E-state index in [0.717, 1.165) is 156 Å². The molecule has 8 nitrogen and oxygen atoms in total. The van der Waals surface area contributed by atoms with Crippen LogP contribution in [0.5, 0.6) is 0 Å². The number of anilines is 12. The van der Waals surface area contributed by atoms with Crippen molar-refractivity contribution in [1.82, 2.24) is 0 Å². The molecular weight excluding hydrogens is 1270 g/mol. The molecule has 0 spiro atoms. The standard InChI is InChI=1S/C92H65BN4O4S/c1-91(2,3)54-33-37-56(38-34-54)95-76-47-58(97(74-26-17-24-69-64-21-9-14-30-82(64)100-89(69)74)75-27-18-25-70-65-22-10-15-31-83(65)101-90(70)75)43-46-72(76)93-73-52-71-68-23-11-16-32-86(68)102-87(71)53-77(73)96(57-39-35-55(36-40-57)92(4,5)6)79-49-61(48-78(95)88(79)93)94(59-41-44-66-62-19-7-12-28-80(62)98-84(66)50-59)60-42-45-67-63-20-8-13-29-81(63)99-85(67)51-60/h7-53H,1-6H3. The van der Waals surface area contributed by atoms with Crippen LogP contribution in [0, 0.1) is 0 Å². The van der Waals surface area contributed by atoms with Gasteiger partial charge >= 0.3 is 0 Å². The third-order valence-corrected chi connectivity index (χ3v) is 22.7. The average Bonchev–Trinajstić information content (AvgIpc) is 0.786. The molecule has 0 saturated heterocycles. The first-order chi connectivity index (χ1) is 49.8. The Morgan fingerprint density at radius 1 is 0.294 bits per heavy atom. The summed E-state index contributed by atoms with van der Waals surface area (Å²) >= 11 is 1.86. The maximum Gasteiger partial charge on any atom is 0.252 e. The van der Waals surface area contributed by atoms with Crippen LogP contribution in [0.2, 0.25) is 0 Å². The number of furan rings is 4. The molecule has 102 heavy (non-hydrogen) atoms. The van der Waals surface area contributed by atoms with E-state index >= 15 is 0 Å². The van der Waals surface area contributed by atoms with E-state index in [-0.39, 0.29) is 17.5 Å². The van der Waals surface area contributed by atoms with Crippen molar-refractivity contribution >= 4 is 211 Å². The molecule has 0 bridgehead atoms. The van der Waals surface area contributed by atoms with Gasteiger partial charge in [0, 0.05) is 121 Å². The molecule has 5 aromatic heterocycles. The van der Waals surface area contributed by atoms with E-state index in [1.54, 1.807) is 0 Å². The zero-order valence-electron chi connectivity index (χ0n) is 57.0. The molecule has 0 fully saturated rings. The first-order valence-electron chi connectivity index (χ1n) is 35.1. The zero-order chi connectivity index (χ0) is 68.0. The smallest absolute Gasteiger partial charge is 0.252 e. The van der Waals surface area contributed by atoms with Crippen molar-refractivity contribution in [3.05, 3.63) is 296 Å². The second-order valence-electron chi connectivity index (χ2n) is 29.6. The van der Waals surface area contributed by atoms with Crippen molar-refractivity contribution in [2.45, 2.75) is 52.4 Å². The minimum Gasteiger partial charge on any atom is -0.456 e. The molecule has 14 aromatic carbocycles. The van der Waals surface area contributed by atoms with Crippen LogP contribution < -0.4 is 36.0 Å². The summed E-state index contributed by atoms with van der Waals surface area (Å²) < 4.78 is 30.3. The van der Waals surface area contributed by atoms with Crippen molar-refractivity contribution in [2.24, 2.45) is 0 Å². The third-order valence-electron chi connectivity index (χ3n) is 21.5. The van der Waals surface area contributed by atoms with Gasteiger partial charge in [0.2, 0.25) is 0 Å². The number of para-hydroxylation sites is 6. The van der Waals surface area contributed by atoms with E-state index in [1.807, 2.05) is 35.6 Å². The topological polar surface area (TPSA) is 65.5 Å². The second-order valence-corrected chi connectivity index (χ2v) is 30.7. The number of hydrogen-bond acceptors (Lipinski definition) is 9. The van der Waals surface area contributed by atoms with E-state index in [0.29, 0.717) is 0 Å². The summed E-state index contributed by atoms with van der Waals surface area (Å²) in [6, 6.07) is 105. The molecule has 0 radical (unpaired) electrons. The SMILES string of the molecule is CC(C)(C)c1ccc(N2c3cc(N(c4cccc5c4oc4ccccc45)c4cccc5c4oc4ccccc45)ccc3B3c4cc5c(cc4N(c4ccc(C(C)(C)C)cc4)c4cc(N(c6ccc7c(c6)oc6ccccc67)c6ccc7c(c6)oc6ccccc67)cc2c43)sc2ccccc25)cc1. The summed E-state index contributed by atoms with van der Waals surface area (Å²) in [4.78, 5) is 9.90. The van der Waals surface area contributed by atoms with E-state index in [4.69, 9.17) is 17.7 Å². The number of nitrogens with zero attached hydrogens (tertiary/aromatic N) is 4. The van der Waals surface area contributed by atoms with Crippen LogP contribution in [-0.2, 0) is 10.8 Å². The summed E-state index contributed by atoms with van der Waals surface area (Å²) in [5.41, 5.74) is 24.3. The predicted molar refractivity (Wildman–Crippen MR) is 429 cm³/mol. The summed E-state index contributed by atoms with van der Waals surface area (Å²) in [5.74, 6) is 0. The first kappa shape index (κ1) is 58.7. The predicted octanol–water partition coefficient (Wildman–Crippen LogP) is 25.3. The first-order valence-corrected chi connectivity index (χ1v) is 35.9. The van der Waals surface area contributed by atoms with Crippen molar-refractivity contribution in [3.8, 4) is 0 Å². The van der Waals surface area contributed by atoms with Gasteiger partial charge in [-0.15, -0.1) is 11.3 Å². The number of benzene rings is 14. The highest BCUT2D eigenvalue weighted by atomic mass is 32.1. The Bertz CT molecular complexity index is 6490. The maximum absolute atomic E-state index is 7.07. The number of fused-ring (bicyclic) bond motifs is 19. The molecule has 2 aliphatic rings. The van der Waals surface area contributed by atoms with E-state index < -0.39 is 0 Å². The van der Waals surface area contributed by atoms with Gasteiger partial charge in [0.15, 0.2) is 11.2 Å². The van der Waals surface area contributed by atoms with Crippen LogP contribution in [0.15, 0.2) is 303 Å². The fourth-order valence-electron chi connectivity index (χ4n) is 16.6. The van der Waals surface area contributed by atoms with Gasteiger partial charge in [0.05, 0.1) is 17.1 Å². The summed E-state index contributed by atoms with van der Waals surface area (Å²) in [5, 5.41) is 10.9. The largest absolute Gasteiger partial charge is 0.456 e. The molecule has 0 aliphatic carbocycles. The zero-order valence-corrected chi connectivity index (χ0v) is 57.9. The fourth-order valence-corrected chi connectivity index (χ4v) is 17.7. The number of hydrogen-bond donors (Lipinski definition) is 0. The summed E-state index contributed by atoms with van der Waals surface area (Å²) in [7, 11) is 0. The Morgan fingerprint density at radius 2 is 0.706 bits per heavy atom. The van der Waals surface area contributed by atoms with Crippen molar-refractivity contribution in [2.75, 3.05) is 19.6 Å².